The molecule has 0 atom stereocenters. The van der Waals surface area contributed by atoms with Crippen LogP contribution in [0.4, 0.5) is 5.69 Å². The maximum absolute atomic E-state index is 12.0. The normalized spacial score (nSPS) is 10.4. The molecule has 0 amide bonds. The minimum absolute atomic E-state index is 0.147. The van der Waals surface area contributed by atoms with E-state index in [9.17, 15) is 4.79 Å². The summed E-state index contributed by atoms with van der Waals surface area (Å²) in [7, 11) is 0. The van der Waals surface area contributed by atoms with Gasteiger partial charge in [0.05, 0.1) is 11.9 Å². The molecule has 0 radical (unpaired) electrons. The number of nitrogens with zero attached hydrogens (tertiary/aromatic N) is 2. The molecule has 0 bridgehead atoms. The lowest BCUT2D eigenvalue weighted by molar-refractivity contribution is 0.0459. The number of nitrogens with two attached hydrogens (primary N) is 1. The van der Waals surface area contributed by atoms with E-state index in [2.05, 4.69) is 5.10 Å². The molecular formula is C13H14ClN3O2. The Morgan fingerprint density at radius 3 is 3.00 bits per heavy atom. The van der Waals surface area contributed by atoms with E-state index in [1.807, 2.05) is 13.0 Å². The number of nitrogen functional groups attached to an aromatic ring is 1. The zero-order valence-electron chi connectivity index (χ0n) is 10.5. The van der Waals surface area contributed by atoms with Gasteiger partial charge in [0.2, 0.25) is 0 Å². The number of hydrogen-bond donors (Lipinski definition) is 1. The summed E-state index contributed by atoms with van der Waals surface area (Å²) in [6, 6.07) is 7.14. The van der Waals surface area contributed by atoms with Crippen LogP contribution in [0.5, 0.6) is 0 Å². The number of halogens is 1. The van der Waals surface area contributed by atoms with Crippen LogP contribution < -0.4 is 5.73 Å². The first-order valence-corrected chi connectivity index (χ1v) is 6.22. The van der Waals surface area contributed by atoms with Gasteiger partial charge in [-0.05, 0) is 24.6 Å². The Balaban J connectivity index is 2.07. The Morgan fingerprint density at radius 2 is 2.32 bits per heavy atom. The van der Waals surface area contributed by atoms with Crippen LogP contribution in [0.2, 0.25) is 5.02 Å². The van der Waals surface area contributed by atoms with Gasteiger partial charge in [-0.15, -0.1) is 0 Å². The molecule has 0 aliphatic carbocycles. The second-order valence-electron chi connectivity index (χ2n) is 3.97. The predicted molar refractivity (Wildman–Crippen MR) is 72.9 cm³/mol. The fraction of sp³-hybridized carbons (Fsp3) is 0.231. The van der Waals surface area contributed by atoms with Gasteiger partial charge in [0.25, 0.3) is 0 Å². The Kier molecular flexibility index (Phi) is 4.06. The van der Waals surface area contributed by atoms with Gasteiger partial charge in [-0.25, -0.2) is 4.79 Å². The average Bonchev–Trinajstić information content (AvgIpc) is 2.77. The van der Waals surface area contributed by atoms with Crippen molar-refractivity contribution in [3.8, 4) is 0 Å². The molecule has 2 rings (SSSR count). The topological polar surface area (TPSA) is 70.1 Å². The quantitative estimate of drug-likeness (QED) is 0.873. The summed E-state index contributed by atoms with van der Waals surface area (Å²) in [5.41, 5.74) is 7.13. The van der Waals surface area contributed by atoms with Crippen LogP contribution in [0.1, 0.15) is 23.0 Å². The predicted octanol–water partition coefficient (Wildman–Crippen LogP) is 2.50. The zero-order chi connectivity index (χ0) is 13.8. The molecule has 0 aliphatic heterocycles. The summed E-state index contributed by atoms with van der Waals surface area (Å²) in [4.78, 5) is 12.0. The third-order valence-electron chi connectivity index (χ3n) is 2.62. The van der Waals surface area contributed by atoms with Crippen LogP contribution in [-0.4, -0.2) is 15.7 Å². The van der Waals surface area contributed by atoms with Crippen molar-refractivity contribution in [2.45, 2.75) is 20.1 Å². The van der Waals surface area contributed by atoms with Gasteiger partial charge in [0.1, 0.15) is 6.61 Å². The van der Waals surface area contributed by atoms with E-state index >= 15 is 0 Å². The summed E-state index contributed by atoms with van der Waals surface area (Å²) in [6.07, 6.45) is 1.44. The number of hydrogen-bond acceptors (Lipinski definition) is 4. The molecule has 6 heteroatoms. The second kappa shape index (κ2) is 5.75. The highest BCUT2D eigenvalue weighted by Crippen LogP contribution is 2.15. The van der Waals surface area contributed by atoms with Gasteiger partial charge in [-0.2, -0.15) is 5.10 Å². The van der Waals surface area contributed by atoms with Crippen molar-refractivity contribution in [3.63, 3.8) is 0 Å². The summed E-state index contributed by atoms with van der Waals surface area (Å²) < 4.78 is 6.72. The Labute approximate surface area is 115 Å². The van der Waals surface area contributed by atoms with Gasteiger partial charge in [0, 0.05) is 11.6 Å². The lowest BCUT2D eigenvalue weighted by atomic mass is 10.2. The van der Waals surface area contributed by atoms with Crippen molar-refractivity contribution in [1.82, 2.24) is 9.78 Å². The minimum atomic E-state index is -0.489. The van der Waals surface area contributed by atoms with Crippen molar-refractivity contribution in [2.75, 3.05) is 5.73 Å². The highest BCUT2D eigenvalue weighted by Gasteiger charge is 2.17. The van der Waals surface area contributed by atoms with Crippen molar-refractivity contribution in [1.29, 1.82) is 0 Å². The molecule has 0 aliphatic rings. The number of carbonyl (C=O) groups is 1. The summed E-state index contributed by atoms with van der Waals surface area (Å²) >= 11 is 5.86. The first-order chi connectivity index (χ1) is 9.11. The molecule has 0 spiro atoms. The Bertz CT molecular complexity index is 595. The maximum atomic E-state index is 12.0. The monoisotopic (exact) mass is 279 g/mol. The van der Waals surface area contributed by atoms with E-state index in [1.165, 1.54) is 10.9 Å². The number of esters is 1. The van der Waals surface area contributed by atoms with E-state index in [4.69, 9.17) is 22.1 Å². The highest BCUT2D eigenvalue weighted by molar-refractivity contribution is 6.30. The van der Waals surface area contributed by atoms with E-state index in [0.29, 0.717) is 17.3 Å². The molecule has 2 N–H and O–H groups in total. The Hall–Kier alpha value is -2.01. The largest absolute Gasteiger partial charge is 0.456 e. The molecule has 5 nitrogen and oxygen atoms in total. The van der Waals surface area contributed by atoms with Crippen LogP contribution >= 0.6 is 11.6 Å². The summed E-state index contributed by atoms with van der Waals surface area (Å²) in [5.74, 6) is -0.489. The van der Waals surface area contributed by atoms with E-state index in [0.717, 1.165) is 5.56 Å². The number of benzene rings is 1. The number of carbonyl (C=O) groups excluding carboxylic acids is 1. The lowest BCUT2D eigenvalue weighted by Crippen LogP contribution is -2.14. The number of ether oxygens (including phenoxy) is 1. The van der Waals surface area contributed by atoms with Crippen molar-refractivity contribution >= 4 is 23.3 Å². The molecule has 19 heavy (non-hydrogen) atoms. The van der Waals surface area contributed by atoms with E-state index in [1.54, 1.807) is 18.2 Å². The van der Waals surface area contributed by atoms with E-state index in [-0.39, 0.29) is 12.3 Å². The molecule has 100 valence electrons. The molecule has 2 aromatic rings. The average molecular weight is 280 g/mol. The molecule has 0 saturated carbocycles. The number of aromatic nitrogens is 2. The zero-order valence-corrected chi connectivity index (χ0v) is 11.2. The third-order valence-corrected chi connectivity index (χ3v) is 2.85. The molecular weight excluding hydrogens is 266 g/mol. The smallest absolute Gasteiger partial charge is 0.359 e. The fourth-order valence-corrected chi connectivity index (χ4v) is 1.92. The lowest BCUT2D eigenvalue weighted by Gasteiger charge is -2.07. The standard InChI is InChI=1S/C13H14ClN3O2/c1-2-17-12(11(15)7-16-17)13(18)19-8-9-4-3-5-10(14)6-9/h3-7H,2,8,15H2,1H3. The fourth-order valence-electron chi connectivity index (χ4n) is 1.71. The molecule has 0 unspecified atom stereocenters. The molecule has 1 heterocycles. The van der Waals surface area contributed by atoms with Crippen molar-refractivity contribution in [3.05, 3.63) is 46.7 Å². The third kappa shape index (κ3) is 3.06. The van der Waals surface area contributed by atoms with Crippen molar-refractivity contribution < 1.29 is 9.53 Å². The first kappa shape index (κ1) is 13.4. The molecule has 0 fully saturated rings. The maximum Gasteiger partial charge on any atom is 0.359 e. The number of rotatable bonds is 4. The van der Waals surface area contributed by atoms with Gasteiger partial charge in [0.15, 0.2) is 5.69 Å². The second-order valence-corrected chi connectivity index (χ2v) is 4.41. The van der Waals surface area contributed by atoms with Gasteiger partial charge in [-0.3, -0.25) is 4.68 Å². The van der Waals surface area contributed by atoms with Gasteiger partial charge in [-0.1, -0.05) is 23.7 Å². The molecule has 1 aromatic carbocycles. The number of aryl methyl sites for hydroxylation is 1. The minimum Gasteiger partial charge on any atom is -0.456 e. The van der Waals surface area contributed by atoms with Crippen LogP contribution in [0.15, 0.2) is 30.5 Å². The summed E-state index contributed by atoms with van der Waals surface area (Å²) in [6.45, 7) is 2.58. The molecule has 0 saturated heterocycles. The van der Waals surface area contributed by atoms with Crippen molar-refractivity contribution in [2.24, 2.45) is 0 Å². The SMILES string of the molecule is CCn1ncc(N)c1C(=O)OCc1cccc(Cl)c1. The van der Waals surface area contributed by atoms with Crippen LogP contribution in [0.25, 0.3) is 0 Å². The molecule has 1 aromatic heterocycles. The highest BCUT2D eigenvalue weighted by atomic mass is 35.5. The van der Waals surface area contributed by atoms with Crippen LogP contribution in [-0.2, 0) is 17.9 Å². The van der Waals surface area contributed by atoms with Gasteiger partial charge >= 0.3 is 5.97 Å². The first-order valence-electron chi connectivity index (χ1n) is 5.84. The Morgan fingerprint density at radius 1 is 1.53 bits per heavy atom. The summed E-state index contributed by atoms with van der Waals surface area (Å²) in [5, 5.41) is 4.60. The van der Waals surface area contributed by atoms with E-state index < -0.39 is 5.97 Å². The van der Waals surface area contributed by atoms with Crippen LogP contribution in [0.3, 0.4) is 0 Å². The number of anilines is 1. The van der Waals surface area contributed by atoms with Gasteiger partial charge < -0.3 is 10.5 Å². The van der Waals surface area contributed by atoms with Crippen LogP contribution in [0, 0.1) is 0 Å².